The van der Waals surface area contributed by atoms with Crippen molar-refractivity contribution < 1.29 is 13.5 Å². The van der Waals surface area contributed by atoms with Crippen LogP contribution in [-0.2, 0) is 10.2 Å². The molecule has 2 aliphatic rings. The van der Waals surface area contributed by atoms with E-state index in [0.29, 0.717) is 13.0 Å². The summed E-state index contributed by atoms with van der Waals surface area (Å²) in [6.45, 7) is 0.504. The van der Waals surface area contributed by atoms with Crippen LogP contribution in [0.4, 0.5) is 0 Å². The lowest BCUT2D eigenvalue weighted by Gasteiger charge is -2.38. The summed E-state index contributed by atoms with van der Waals surface area (Å²) in [6, 6.07) is 8.13. The summed E-state index contributed by atoms with van der Waals surface area (Å²) in [6.07, 6.45) is 3.50. The Bertz CT molecular complexity index is 864. The molecule has 0 amide bonds. The van der Waals surface area contributed by atoms with Gasteiger partial charge >= 0.3 is 0 Å². The number of β-amino-alcohol motifs (C(OH)–C–C–N with tert-alkyl or cyclic N) is 1. The maximum Gasteiger partial charge on any atom is 0.279 e. The highest BCUT2D eigenvalue weighted by Crippen LogP contribution is 2.45. The Kier molecular flexibility index (Phi) is 3.72. The van der Waals surface area contributed by atoms with Gasteiger partial charge in [0, 0.05) is 31.6 Å². The standard InChI is InChI=1S/C16H20N4O3S/c1-17-24(22,23)19-7-6-13(15(21)9-19)16-12-5-3-2-4-11(12)14-8-18-10-20(14)16/h2-5,8,10,13,15-17,21H,6-7,9H2,1H3/t13-,15-,16+/m0/s1. The normalized spacial score (nSPS) is 27.0. The third-order valence-electron chi connectivity index (χ3n) is 5.12. The fourth-order valence-corrected chi connectivity index (χ4v) is 4.90. The van der Waals surface area contributed by atoms with Crippen molar-refractivity contribution in [2.24, 2.45) is 5.92 Å². The van der Waals surface area contributed by atoms with Crippen LogP contribution in [0.2, 0.25) is 0 Å². The van der Waals surface area contributed by atoms with Gasteiger partial charge in [-0.15, -0.1) is 0 Å². The van der Waals surface area contributed by atoms with E-state index in [1.165, 1.54) is 16.9 Å². The van der Waals surface area contributed by atoms with Crippen LogP contribution in [0, 0.1) is 5.92 Å². The number of aromatic nitrogens is 2. The SMILES string of the molecule is CNS(=O)(=O)N1CC[C@H]([C@H]2c3ccccc3-c3cncn32)[C@@H](O)C1. The highest BCUT2D eigenvalue weighted by Gasteiger charge is 2.42. The van der Waals surface area contributed by atoms with Gasteiger partial charge in [0.2, 0.25) is 0 Å². The van der Waals surface area contributed by atoms with Gasteiger partial charge < -0.3 is 9.67 Å². The minimum Gasteiger partial charge on any atom is -0.391 e. The summed E-state index contributed by atoms with van der Waals surface area (Å²) in [7, 11) is -2.12. The van der Waals surface area contributed by atoms with Crippen LogP contribution in [0.15, 0.2) is 36.8 Å². The quantitative estimate of drug-likeness (QED) is 0.850. The largest absolute Gasteiger partial charge is 0.391 e. The maximum atomic E-state index is 12.0. The highest BCUT2D eigenvalue weighted by atomic mass is 32.2. The maximum absolute atomic E-state index is 12.0. The van der Waals surface area contributed by atoms with Crippen LogP contribution < -0.4 is 4.72 Å². The summed E-state index contributed by atoms with van der Waals surface area (Å²) in [5.74, 6) is -0.0510. The number of piperidine rings is 1. The van der Waals surface area contributed by atoms with Gasteiger partial charge in [-0.05, 0) is 12.0 Å². The summed E-state index contributed by atoms with van der Waals surface area (Å²) in [5.41, 5.74) is 3.36. The zero-order valence-corrected chi connectivity index (χ0v) is 14.1. The molecule has 0 aliphatic carbocycles. The second-order valence-electron chi connectivity index (χ2n) is 6.31. The lowest BCUT2D eigenvalue weighted by molar-refractivity contribution is 0.0340. The van der Waals surface area contributed by atoms with Gasteiger partial charge in [-0.2, -0.15) is 12.7 Å². The van der Waals surface area contributed by atoms with E-state index in [-0.39, 0.29) is 18.5 Å². The number of nitrogens with zero attached hydrogens (tertiary/aromatic N) is 3. The molecule has 0 spiro atoms. The Labute approximate surface area is 141 Å². The van der Waals surface area contributed by atoms with Gasteiger partial charge in [-0.1, -0.05) is 24.3 Å². The molecule has 2 N–H and O–H groups in total. The van der Waals surface area contributed by atoms with Gasteiger partial charge in [0.25, 0.3) is 10.2 Å². The first-order chi connectivity index (χ1) is 11.5. The van der Waals surface area contributed by atoms with Crippen LogP contribution in [0.5, 0.6) is 0 Å². The van der Waals surface area contributed by atoms with Crippen LogP contribution in [0.1, 0.15) is 18.0 Å². The Balaban J connectivity index is 1.66. The third-order valence-corrected chi connectivity index (χ3v) is 6.65. The lowest BCUT2D eigenvalue weighted by atomic mass is 9.84. The first-order valence-corrected chi connectivity index (χ1v) is 9.45. The van der Waals surface area contributed by atoms with E-state index in [0.717, 1.165) is 11.3 Å². The molecule has 0 radical (unpaired) electrons. The highest BCUT2D eigenvalue weighted by molar-refractivity contribution is 7.87. The van der Waals surface area contributed by atoms with Gasteiger partial charge in [0.15, 0.2) is 0 Å². The Morgan fingerprint density at radius 3 is 2.88 bits per heavy atom. The van der Waals surface area contributed by atoms with Crippen LogP contribution in [0.25, 0.3) is 11.3 Å². The summed E-state index contributed by atoms with van der Waals surface area (Å²) in [5, 5.41) is 10.7. The summed E-state index contributed by atoms with van der Waals surface area (Å²) < 4.78 is 29.7. The van der Waals surface area contributed by atoms with E-state index < -0.39 is 16.3 Å². The topological polar surface area (TPSA) is 87.5 Å². The molecule has 2 aromatic rings. The van der Waals surface area contributed by atoms with Crippen molar-refractivity contribution in [1.82, 2.24) is 18.6 Å². The fraction of sp³-hybridized carbons (Fsp3) is 0.438. The number of hydrogen-bond acceptors (Lipinski definition) is 4. The Morgan fingerprint density at radius 1 is 1.33 bits per heavy atom. The molecular weight excluding hydrogens is 328 g/mol. The molecule has 3 atom stereocenters. The molecule has 128 valence electrons. The van der Waals surface area contributed by atoms with Crippen LogP contribution in [-0.4, -0.2) is 53.6 Å². The van der Waals surface area contributed by atoms with E-state index in [2.05, 4.69) is 26.4 Å². The number of rotatable bonds is 3. The third kappa shape index (κ3) is 2.29. The fourth-order valence-electron chi connectivity index (χ4n) is 3.95. The van der Waals surface area contributed by atoms with Crippen molar-refractivity contribution in [3.63, 3.8) is 0 Å². The van der Waals surface area contributed by atoms with E-state index in [1.54, 1.807) is 6.33 Å². The van der Waals surface area contributed by atoms with E-state index in [4.69, 9.17) is 0 Å². The average molecular weight is 348 g/mol. The monoisotopic (exact) mass is 348 g/mol. The Morgan fingerprint density at radius 2 is 2.12 bits per heavy atom. The van der Waals surface area contributed by atoms with Crippen LogP contribution >= 0.6 is 0 Å². The zero-order valence-electron chi connectivity index (χ0n) is 13.3. The van der Waals surface area contributed by atoms with Crippen molar-refractivity contribution >= 4 is 10.2 Å². The van der Waals surface area contributed by atoms with E-state index in [1.807, 2.05) is 18.3 Å². The summed E-state index contributed by atoms with van der Waals surface area (Å²) >= 11 is 0. The Hall–Kier alpha value is -1.74. The molecule has 2 aliphatic heterocycles. The molecule has 0 saturated carbocycles. The lowest BCUT2D eigenvalue weighted by Crippen LogP contribution is -2.51. The van der Waals surface area contributed by atoms with Crippen LogP contribution in [0.3, 0.4) is 0 Å². The predicted octanol–water partition coefficient (Wildman–Crippen LogP) is 0.600. The first-order valence-electron chi connectivity index (χ1n) is 8.00. The molecule has 24 heavy (non-hydrogen) atoms. The molecule has 0 unspecified atom stereocenters. The molecule has 0 bridgehead atoms. The number of imidazole rings is 1. The summed E-state index contributed by atoms with van der Waals surface area (Å²) in [4.78, 5) is 4.25. The number of fused-ring (bicyclic) bond motifs is 3. The molecule has 4 rings (SSSR count). The second kappa shape index (κ2) is 5.66. The molecule has 8 heteroatoms. The molecule has 1 fully saturated rings. The smallest absolute Gasteiger partial charge is 0.279 e. The first kappa shape index (κ1) is 15.8. The number of hydrogen-bond donors (Lipinski definition) is 2. The molecule has 1 aromatic carbocycles. The van der Waals surface area contributed by atoms with Crippen molar-refractivity contribution in [2.75, 3.05) is 20.1 Å². The molecule has 1 saturated heterocycles. The van der Waals surface area contributed by atoms with Crippen molar-refractivity contribution in [2.45, 2.75) is 18.6 Å². The molecular formula is C16H20N4O3S. The minimum atomic E-state index is -3.51. The minimum absolute atomic E-state index is 0.00635. The van der Waals surface area contributed by atoms with Gasteiger partial charge in [0.05, 0.1) is 30.4 Å². The van der Waals surface area contributed by atoms with Crippen molar-refractivity contribution in [1.29, 1.82) is 0 Å². The van der Waals surface area contributed by atoms with E-state index in [9.17, 15) is 13.5 Å². The van der Waals surface area contributed by atoms with Gasteiger partial charge in [-0.25, -0.2) is 9.71 Å². The van der Waals surface area contributed by atoms with Crippen molar-refractivity contribution in [3.05, 3.63) is 42.4 Å². The second-order valence-corrected chi connectivity index (χ2v) is 8.18. The number of nitrogens with one attached hydrogen (secondary N) is 1. The van der Waals surface area contributed by atoms with Crippen molar-refractivity contribution in [3.8, 4) is 11.3 Å². The zero-order chi connectivity index (χ0) is 16.9. The van der Waals surface area contributed by atoms with E-state index >= 15 is 0 Å². The number of aliphatic hydroxyl groups excluding tert-OH is 1. The average Bonchev–Trinajstić information content (AvgIpc) is 3.16. The molecule has 7 nitrogen and oxygen atoms in total. The van der Waals surface area contributed by atoms with Gasteiger partial charge in [0.1, 0.15) is 0 Å². The molecule has 3 heterocycles. The predicted molar refractivity (Wildman–Crippen MR) is 89.5 cm³/mol. The number of benzene rings is 1. The molecule has 1 aromatic heterocycles. The number of aliphatic hydroxyl groups is 1. The van der Waals surface area contributed by atoms with Gasteiger partial charge in [-0.3, -0.25) is 0 Å².